The molecular formula is C14H19F3N2OS. The fourth-order valence-corrected chi connectivity index (χ4v) is 3.95. The third-order valence-corrected chi connectivity index (χ3v) is 5.79. The lowest BCUT2D eigenvalue weighted by Crippen LogP contribution is -2.16. The molecule has 0 amide bonds. The maximum absolute atomic E-state index is 12.9. The molecule has 118 valence electrons. The Morgan fingerprint density at radius 3 is 2.86 bits per heavy atom. The zero-order chi connectivity index (χ0) is 15.2. The SMILES string of the molecule is CC1=C(/C=N/OCC2CCC2)[SH](CCC(F)=C(F)F)C=N1. The summed E-state index contributed by atoms with van der Waals surface area (Å²) in [7, 11) is -0.876. The third-order valence-electron chi connectivity index (χ3n) is 3.63. The first-order chi connectivity index (χ1) is 10.1. The number of nitrogens with zero attached hydrogens (tertiary/aromatic N) is 2. The molecule has 0 bridgehead atoms. The number of rotatable bonds is 7. The van der Waals surface area contributed by atoms with E-state index in [1.807, 2.05) is 6.92 Å². The minimum atomic E-state index is -2.24. The van der Waals surface area contributed by atoms with Crippen molar-refractivity contribution >= 4 is 22.7 Å². The van der Waals surface area contributed by atoms with E-state index in [2.05, 4.69) is 10.1 Å². The van der Waals surface area contributed by atoms with Crippen LogP contribution in [0.5, 0.6) is 0 Å². The summed E-state index contributed by atoms with van der Waals surface area (Å²) in [5.41, 5.74) is 2.50. The van der Waals surface area contributed by atoms with Crippen LogP contribution in [0.4, 0.5) is 13.2 Å². The van der Waals surface area contributed by atoms with Crippen LogP contribution in [0.25, 0.3) is 0 Å². The fraction of sp³-hybridized carbons (Fsp3) is 0.571. The van der Waals surface area contributed by atoms with E-state index in [9.17, 15) is 13.2 Å². The molecule has 21 heavy (non-hydrogen) atoms. The van der Waals surface area contributed by atoms with Gasteiger partial charge in [0.1, 0.15) is 6.61 Å². The molecule has 1 saturated carbocycles. The van der Waals surface area contributed by atoms with Gasteiger partial charge in [-0.25, -0.2) is 4.39 Å². The van der Waals surface area contributed by atoms with Crippen LogP contribution in [0.2, 0.25) is 0 Å². The lowest BCUT2D eigenvalue weighted by molar-refractivity contribution is 0.0768. The summed E-state index contributed by atoms with van der Waals surface area (Å²) in [5, 5.41) is 3.94. The van der Waals surface area contributed by atoms with Crippen LogP contribution in [0.1, 0.15) is 32.6 Å². The minimum Gasteiger partial charge on any atom is -0.395 e. The molecule has 0 aromatic carbocycles. The van der Waals surface area contributed by atoms with E-state index in [0.29, 0.717) is 18.3 Å². The van der Waals surface area contributed by atoms with Gasteiger partial charge >= 0.3 is 6.08 Å². The summed E-state index contributed by atoms with van der Waals surface area (Å²) >= 11 is 0. The van der Waals surface area contributed by atoms with Gasteiger partial charge in [0.2, 0.25) is 0 Å². The number of hydrogen-bond donors (Lipinski definition) is 1. The summed E-state index contributed by atoms with van der Waals surface area (Å²) in [5.74, 6) is -0.429. The van der Waals surface area contributed by atoms with Crippen LogP contribution < -0.4 is 0 Å². The van der Waals surface area contributed by atoms with Gasteiger partial charge in [-0.3, -0.25) is 4.99 Å². The van der Waals surface area contributed by atoms with Crippen molar-refractivity contribution in [2.24, 2.45) is 16.1 Å². The maximum Gasteiger partial charge on any atom is 0.301 e. The first-order valence-electron chi connectivity index (χ1n) is 6.94. The molecule has 1 fully saturated rings. The Morgan fingerprint density at radius 2 is 2.24 bits per heavy atom. The quantitative estimate of drug-likeness (QED) is 0.417. The number of oxime groups is 1. The molecule has 0 aromatic rings. The highest BCUT2D eigenvalue weighted by atomic mass is 32.2. The average Bonchev–Trinajstić information content (AvgIpc) is 2.74. The number of allylic oxidation sites excluding steroid dienone is 3. The van der Waals surface area contributed by atoms with Gasteiger partial charge in [-0.1, -0.05) is 11.6 Å². The van der Waals surface area contributed by atoms with Crippen LogP contribution in [-0.2, 0) is 4.84 Å². The van der Waals surface area contributed by atoms with Crippen LogP contribution >= 0.6 is 10.9 Å². The highest BCUT2D eigenvalue weighted by Gasteiger charge is 2.19. The van der Waals surface area contributed by atoms with E-state index in [1.165, 1.54) is 19.3 Å². The average molecular weight is 320 g/mol. The molecule has 1 atom stereocenters. The molecule has 0 N–H and O–H groups in total. The van der Waals surface area contributed by atoms with Crippen molar-refractivity contribution in [1.82, 2.24) is 0 Å². The second-order valence-corrected chi connectivity index (χ2v) is 7.25. The van der Waals surface area contributed by atoms with E-state index in [0.717, 1.165) is 10.6 Å². The smallest absolute Gasteiger partial charge is 0.301 e. The Morgan fingerprint density at radius 1 is 1.48 bits per heavy atom. The van der Waals surface area contributed by atoms with E-state index >= 15 is 0 Å². The zero-order valence-electron chi connectivity index (χ0n) is 11.9. The van der Waals surface area contributed by atoms with Crippen LogP contribution in [-0.4, -0.2) is 24.1 Å². The molecule has 0 saturated heterocycles. The molecule has 0 spiro atoms. The molecule has 1 heterocycles. The van der Waals surface area contributed by atoms with E-state index in [-0.39, 0.29) is 6.42 Å². The molecular weight excluding hydrogens is 301 g/mol. The van der Waals surface area contributed by atoms with Gasteiger partial charge in [0.25, 0.3) is 0 Å². The molecule has 0 aromatic heterocycles. The van der Waals surface area contributed by atoms with E-state index in [4.69, 9.17) is 4.84 Å². The lowest BCUT2D eigenvalue weighted by Gasteiger charge is -2.23. The first kappa shape index (κ1) is 16.1. The van der Waals surface area contributed by atoms with E-state index in [1.54, 1.807) is 11.8 Å². The van der Waals surface area contributed by atoms with Crippen molar-refractivity contribution in [3.05, 3.63) is 22.5 Å². The van der Waals surface area contributed by atoms with Crippen LogP contribution in [0.15, 0.2) is 32.7 Å². The molecule has 1 aliphatic carbocycles. The summed E-state index contributed by atoms with van der Waals surface area (Å²) in [6.07, 6.45) is 2.72. The van der Waals surface area contributed by atoms with Crippen molar-refractivity contribution in [3.8, 4) is 0 Å². The Kier molecular flexibility index (Phi) is 5.90. The topological polar surface area (TPSA) is 34.0 Å². The lowest BCUT2D eigenvalue weighted by atomic mass is 9.86. The highest BCUT2D eigenvalue weighted by Crippen LogP contribution is 2.40. The summed E-state index contributed by atoms with van der Waals surface area (Å²) in [4.78, 5) is 10.3. The van der Waals surface area contributed by atoms with Crippen LogP contribution in [0.3, 0.4) is 0 Å². The molecule has 1 aliphatic heterocycles. The molecule has 2 aliphatic rings. The highest BCUT2D eigenvalue weighted by molar-refractivity contribution is 8.32. The Bertz CT molecular complexity index is 494. The van der Waals surface area contributed by atoms with Gasteiger partial charge in [0, 0.05) is 16.9 Å². The predicted molar refractivity (Wildman–Crippen MR) is 81.8 cm³/mol. The number of aliphatic imine (C=N–C) groups is 1. The van der Waals surface area contributed by atoms with Crippen molar-refractivity contribution in [1.29, 1.82) is 0 Å². The second kappa shape index (κ2) is 7.68. The van der Waals surface area contributed by atoms with Crippen molar-refractivity contribution in [2.75, 3.05) is 12.4 Å². The minimum absolute atomic E-state index is 0.270. The first-order valence-corrected chi connectivity index (χ1v) is 8.54. The fourth-order valence-electron chi connectivity index (χ4n) is 2.05. The predicted octanol–water partition coefficient (Wildman–Crippen LogP) is 4.53. The normalized spacial score (nSPS) is 23.7. The Labute approximate surface area is 125 Å². The Hall–Kier alpha value is -1.24. The monoisotopic (exact) mass is 320 g/mol. The van der Waals surface area contributed by atoms with Gasteiger partial charge in [-0.2, -0.15) is 19.7 Å². The summed E-state index contributed by atoms with van der Waals surface area (Å²) < 4.78 is 37.0. The van der Waals surface area contributed by atoms with Crippen molar-refractivity contribution in [3.63, 3.8) is 0 Å². The molecule has 0 radical (unpaired) electrons. The number of hydrogen-bond acceptors (Lipinski definition) is 3. The Balaban J connectivity index is 1.82. The molecule has 7 heteroatoms. The van der Waals surface area contributed by atoms with Gasteiger partial charge < -0.3 is 4.84 Å². The van der Waals surface area contributed by atoms with Crippen molar-refractivity contribution in [2.45, 2.75) is 32.6 Å². The zero-order valence-corrected chi connectivity index (χ0v) is 12.8. The van der Waals surface area contributed by atoms with Gasteiger partial charge in [-0.15, -0.1) is 0 Å². The maximum atomic E-state index is 12.9. The largest absolute Gasteiger partial charge is 0.395 e. The molecule has 3 nitrogen and oxygen atoms in total. The summed E-state index contributed by atoms with van der Waals surface area (Å²) in [6, 6.07) is 0. The van der Waals surface area contributed by atoms with Crippen LogP contribution in [0, 0.1) is 5.92 Å². The number of thiol groups is 1. The van der Waals surface area contributed by atoms with E-state index < -0.39 is 22.8 Å². The third kappa shape index (κ3) is 4.62. The van der Waals surface area contributed by atoms with Gasteiger partial charge in [-0.05, 0) is 31.4 Å². The molecule has 2 rings (SSSR count). The van der Waals surface area contributed by atoms with Gasteiger partial charge in [0.15, 0.2) is 5.83 Å². The number of halogens is 3. The standard InChI is InChI=1S/C14H19F3N2OS/c1-10-13(7-19-20-8-11-3-2-4-11)21(9-18-10)6-5-12(15)14(16)17/h7,9,11,21H,2-6,8H2,1H3/b19-7+. The second-order valence-electron chi connectivity index (χ2n) is 5.15. The molecule has 1 unspecified atom stereocenters. The summed E-state index contributed by atoms with van der Waals surface area (Å²) in [6.45, 7) is 2.44. The van der Waals surface area contributed by atoms with Gasteiger partial charge in [0.05, 0.1) is 11.9 Å². The van der Waals surface area contributed by atoms with Crippen molar-refractivity contribution < 1.29 is 18.0 Å².